The molecule has 128 valence electrons. The molecule has 1 aliphatic heterocycles. The van der Waals surface area contributed by atoms with E-state index in [4.69, 9.17) is 0 Å². The van der Waals surface area contributed by atoms with Gasteiger partial charge in [-0.2, -0.15) is 0 Å². The smallest absolute Gasteiger partial charge is 0.255 e. The molecule has 0 aromatic carbocycles. The standard InChI is InChI=1S/C18H29N3O2/c1-4-10-20(5-2)17-9-8-15(13-19-17)18(23)21-11-6-7-16(21)12-14(3)22/h8-9,13-14,16,22H,4-7,10-12H2,1-3H3. The van der Waals surface area contributed by atoms with Crippen molar-refractivity contribution in [2.45, 2.75) is 58.6 Å². The number of carbonyl (C=O) groups excluding carboxylic acids is 1. The number of anilines is 1. The molecule has 5 nitrogen and oxygen atoms in total. The minimum Gasteiger partial charge on any atom is -0.393 e. The van der Waals surface area contributed by atoms with Crippen LogP contribution in [0.2, 0.25) is 0 Å². The molecule has 0 spiro atoms. The first-order valence-corrected chi connectivity index (χ1v) is 8.76. The van der Waals surface area contributed by atoms with E-state index in [-0.39, 0.29) is 18.1 Å². The van der Waals surface area contributed by atoms with Crippen LogP contribution in [0.25, 0.3) is 0 Å². The van der Waals surface area contributed by atoms with Crippen LogP contribution in [0.1, 0.15) is 56.8 Å². The minimum atomic E-state index is -0.374. The molecule has 1 saturated heterocycles. The summed E-state index contributed by atoms with van der Waals surface area (Å²) >= 11 is 0. The molecule has 2 unspecified atom stereocenters. The molecule has 0 radical (unpaired) electrons. The van der Waals surface area contributed by atoms with Crippen LogP contribution in [-0.2, 0) is 0 Å². The number of pyridine rings is 1. The number of rotatable bonds is 7. The molecule has 2 rings (SSSR count). The number of carbonyl (C=O) groups is 1. The summed E-state index contributed by atoms with van der Waals surface area (Å²) < 4.78 is 0. The molecule has 2 atom stereocenters. The summed E-state index contributed by atoms with van der Waals surface area (Å²) in [5.41, 5.74) is 0.638. The molecule has 1 amide bonds. The lowest BCUT2D eigenvalue weighted by Crippen LogP contribution is -2.37. The number of aliphatic hydroxyl groups excluding tert-OH is 1. The molecule has 0 bridgehead atoms. The normalized spacial score (nSPS) is 19.0. The minimum absolute atomic E-state index is 0.0331. The average Bonchev–Trinajstić information content (AvgIpc) is 2.99. The van der Waals surface area contributed by atoms with Crippen LogP contribution >= 0.6 is 0 Å². The molecule has 1 aromatic rings. The number of hydrogen-bond donors (Lipinski definition) is 1. The van der Waals surface area contributed by atoms with Gasteiger partial charge in [0.1, 0.15) is 5.82 Å². The lowest BCUT2D eigenvalue weighted by atomic mass is 10.1. The zero-order valence-corrected chi connectivity index (χ0v) is 14.5. The van der Waals surface area contributed by atoms with Crippen molar-refractivity contribution >= 4 is 11.7 Å². The maximum absolute atomic E-state index is 12.7. The first-order valence-electron chi connectivity index (χ1n) is 8.76. The fourth-order valence-corrected chi connectivity index (χ4v) is 3.31. The van der Waals surface area contributed by atoms with Crippen LogP contribution in [0, 0.1) is 0 Å². The van der Waals surface area contributed by atoms with Crippen molar-refractivity contribution in [3.63, 3.8) is 0 Å². The molecule has 23 heavy (non-hydrogen) atoms. The Morgan fingerprint density at radius 2 is 2.26 bits per heavy atom. The first kappa shape index (κ1) is 17.7. The van der Waals surface area contributed by atoms with Crippen molar-refractivity contribution in [3.8, 4) is 0 Å². The summed E-state index contributed by atoms with van der Waals surface area (Å²) in [6, 6.07) is 3.96. The number of likely N-dealkylation sites (tertiary alicyclic amines) is 1. The highest BCUT2D eigenvalue weighted by Crippen LogP contribution is 2.24. The van der Waals surface area contributed by atoms with Crippen LogP contribution < -0.4 is 4.90 Å². The fraction of sp³-hybridized carbons (Fsp3) is 0.667. The van der Waals surface area contributed by atoms with E-state index in [0.29, 0.717) is 12.0 Å². The third-order valence-electron chi connectivity index (χ3n) is 4.45. The maximum Gasteiger partial charge on any atom is 0.255 e. The second-order valence-electron chi connectivity index (χ2n) is 6.36. The molecule has 1 aliphatic rings. The number of nitrogens with zero attached hydrogens (tertiary/aromatic N) is 3. The van der Waals surface area contributed by atoms with Crippen molar-refractivity contribution in [2.75, 3.05) is 24.5 Å². The van der Waals surface area contributed by atoms with Gasteiger partial charge in [-0.05, 0) is 51.7 Å². The summed E-state index contributed by atoms with van der Waals surface area (Å²) in [5, 5.41) is 9.60. The van der Waals surface area contributed by atoms with E-state index in [1.807, 2.05) is 17.0 Å². The molecule has 0 saturated carbocycles. The molecule has 5 heteroatoms. The van der Waals surface area contributed by atoms with E-state index in [9.17, 15) is 9.90 Å². The monoisotopic (exact) mass is 319 g/mol. The lowest BCUT2D eigenvalue weighted by Gasteiger charge is -2.26. The van der Waals surface area contributed by atoms with E-state index in [2.05, 4.69) is 23.7 Å². The van der Waals surface area contributed by atoms with E-state index in [0.717, 1.165) is 44.7 Å². The van der Waals surface area contributed by atoms with E-state index >= 15 is 0 Å². The molecule has 1 aromatic heterocycles. The van der Waals surface area contributed by atoms with Gasteiger partial charge in [-0.25, -0.2) is 4.98 Å². The molecule has 1 fully saturated rings. The predicted molar refractivity (Wildman–Crippen MR) is 92.8 cm³/mol. The Kier molecular flexibility index (Phi) is 6.39. The number of amides is 1. The van der Waals surface area contributed by atoms with Gasteiger partial charge in [-0.1, -0.05) is 6.92 Å². The molecule has 1 N–H and O–H groups in total. The number of aromatic nitrogens is 1. The Labute approximate surface area is 139 Å². The highest BCUT2D eigenvalue weighted by molar-refractivity contribution is 5.94. The Morgan fingerprint density at radius 3 is 2.83 bits per heavy atom. The van der Waals surface area contributed by atoms with E-state index in [1.54, 1.807) is 13.1 Å². The highest BCUT2D eigenvalue weighted by atomic mass is 16.3. The van der Waals surface area contributed by atoms with Gasteiger partial charge in [-0.3, -0.25) is 4.79 Å². The van der Waals surface area contributed by atoms with Gasteiger partial charge in [-0.15, -0.1) is 0 Å². The highest BCUT2D eigenvalue weighted by Gasteiger charge is 2.30. The fourth-order valence-electron chi connectivity index (χ4n) is 3.31. The van der Waals surface area contributed by atoms with Crippen LogP contribution in [0.5, 0.6) is 0 Å². The molecule has 0 aliphatic carbocycles. The molecular weight excluding hydrogens is 290 g/mol. The maximum atomic E-state index is 12.7. The summed E-state index contributed by atoms with van der Waals surface area (Å²) in [4.78, 5) is 21.3. The number of hydrogen-bond acceptors (Lipinski definition) is 4. The van der Waals surface area contributed by atoms with Crippen molar-refractivity contribution in [1.82, 2.24) is 9.88 Å². The second-order valence-corrected chi connectivity index (χ2v) is 6.36. The third kappa shape index (κ3) is 4.44. The Hall–Kier alpha value is -1.62. The molecular formula is C18H29N3O2. The van der Waals surface area contributed by atoms with E-state index in [1.165, 1.54) is 0 Å². The zero-order chi connectivity index (χ0) is 16.8. The van der Waals surface area contributed by atoms with Crippen LogP contribution in [0.3, 0.4) is 0 Å². The average molecular weight is 319 g/mol. The Bertz CT molecular complexity index is 501. The SMILES string of the molecule is CCCN(CC)c1ccc(C(=O)N2CCCC2CC(C)O)cn1. The molecule has 2 heterocycles. The van der Waals surface area contributed by atoms with Gasteiger partial charge in [0.2, 0.25) is 0 Å². The summed E-state index contributed by atoms with van der Waals surface area (Å²) in [5.74, 6) is 0.957. The summed E-state index contributed by atoms with van der Waals surface area (Å²) in [6.07, 6.45) is 5.02. The third-order valence-corrected chi connectivity index (χ3v) is 4.45. The van der Waals surface area contributed by atoms with Gasteiger partial charge in [0.05, 0.1) is 11.7 Å². The summed E-state index contributed by atoms with van der Waals surface area (Å²) in [7, 11) is 0. The van der Waals surface area contributed by atoms with E-state index < -0.39 is 0 Å². The largest absolute Gasteiger partial charge is 0.393 e. The zero-order valence-electron chi connectivity index (χ0n) is 14.5. The van der Waals surface area contributed by atoms with Crippen molar-refractivity contribution in [2.24, 2.45) is 0 Å². The number of aliphatic hydroxyl groups is 1. The van der Waals surface area contributed by atoms with Crippen molar-refractivity contribution < 1.29 is 9.90 Å². The topological polar surface area (TPSA) is 56.7 Å². The van der Waals surface area contributed by atoms with Gasteiger partial charge >= 0.3 is 0 Å². The quantitative estimate of drug-likeness (QED) is 0.839. The van der Waals surface area contributed by atoms with Gasteiger partial charge < -0.3 is 14.9 Å². The second kappa shape index (κ2) is 8.29. The lowest BCUT2D eigenvalue weighted by molar-refractivity contribution is 0.0681. The Balaban J connectivity index is 2.07. The van der Waals surface area contributed by atoms with Gasteiger partial charge in [0.25, 0.3) is 5.91 Å². The summed E-state index contributed by atoms with van der Waals surface area (Å²) in [6.45, 7) is 8.70. The Morgan fingerprint density at radius 1 is 1.48 bits per heavy atom. The first-order chi connectivity index (χ1) is 11.1. The predicted octanol–water partition coefficient (Wildman–Crippen LogP) is 2.69. The van der Waals surface area contributed by atoms with Crippen LogP contribution in [0.15, 0.2) is 18.3 Å². The van der Waals surface area contributed by atoms with Gasteiger partial charge in [0, 0.05) is 31.9 Å². The van der Waals surface area contributed by atoms with Crippen LogP contribution in [-0.4, -0.2) is 52.7 Å². The van der Waals surface area contributed by atoms with Crippen molar-refractivity contribution in [1.29, 1.82) is 0 Å². The van der Waals surface area contributed by atoms with Crippen molar-refractivity contribution in [3.05, 3.63) is 23.9 Å². The van der Waals surface area contributed by atoms with Crippen LogP contribution in [0.4, 0.5) is 5.82 Å². The van der Waals surface area contributed by atoms with Gasteiger partial charge in [0.15, 0.2) is 0 Å².